The van der Waals surface area contributed by atoms with Crippen molar-refractivity contribution in [1.82, 2.24) is 15.5 Å². The molecule has 1 saturated heterocycles. The molecule has 1 aromatic carbocycles. The van der Waals surface area contributed by atoms with Gasteiger partial charge < -0.3 is 15.5 Å². The molecule has 4 heteroatoms. The molecule has 1 amide bonds. The van der Waals surface area contributed by atoms with Crippen molar-refractivity contribution >= 4 is 5.91 Å². The minimum absolute atomic E-state index is 0.106. The van der Waals surface area contributed by atoms with Crippen molar-refractivity contribution in [3.8, 4) is 0 Å². The van der Waals surface area contributed by atoms with Crippen molar-refractivity contribution in [2.75, 3.05) is 20.1 Å². The van der Waals surface area contributed by atoms with Gasteiger partial charge >= 0.3 is 0 Å². The summed E-state index contributed by atoms with van der Waals surface area (Å²) in [5.41, 5.74) is 3.44. The molecule has 138 valence electrons. The summed E-state index contributed by atoms with van der Waals surface area (Å²) >= 11 is 0. The lowest BCUT2D eigenvalue weighted by atomic mass is 9.86. The Balaban J connectivity index is 1.47. The Morgan fingerprint density at radius 3 is 2.81 bits per heavy atom. The van der Waals surface area contributed by atoms with Crippen molar-refractivity contribution < 1.29 is 4.79 Å². The zero-order chi connectivity index (χ0) is 17.9. The molecule has 1 aliphatic carbocycles. The zero-order valence-electron chi connectivity index (χ0n) is 15.6. The summed E-state index contributed by atoms with van der Waals surface area (Å²) in [4.78, 5) is 15.1. The van der Waals surface area contributed by atoms with Crippen LogP contribution < -0.4 is 10.6 Å². The molecule has 2 N–H and O–H groups in total. The molecule has 26 heavy (non-hydrogen) atoms. The molecular weight excluding hydrogens is 322 g/mol. The monoisotopic (exact) mass is 351 g/mol. The standard InChI is InChI=1S/C22H29N3O/c1-25(21-11-4-7-16-6-2-3-8-18(16)21)22(26)20-10-5-9-19(24-20)17-12-14-23-15-13-17/h2-3,5-6,8-10,17,19,21,23-24H,4,7,11-15H2,1H3. The van der Waals surface area contributed by atoms with Crippen LogP contribution in [-0.4, -0.2) is 37.0 Å². The summed E-state index contributed by atoms with van der Waals surface area (Å²) in [7, 11) is 1.95. The minimum atomic E-state index is 0.106. The lowest BCUT2D eigenvalue weighted by molar-refractivity contribution is -0.128. The molecule has 1 aromatic rings. The van der Waals surface area contributed by atoms with E-state index in [0.29, 0.717) is 5.92 Å². The molecule has 2 unspecified atom stereocenters. The minimum Gasteiger partial charge on any atom is -0.374 e. The van der Waals surface area contributed by atoms with Gasteiger partial charge in [-0.15, -0.1) is 0 Å². The number of nitrogens with one attached hydrogen (secondary N) is 2. The number of likely N-dealkylation sites (N-methyl/N-ethyl adjacent to an activating group) is 1. The lowest BCUT2D eigenvalue weighted by Gasteiger charge is -2.36. The molecule has 4 rings (SSSR count). The first-order valence-corrected chi connectivity index (χ1v) is 9.95. The van der Waals surface area contributed by atoms with Crippen LogP contribution in [-0.2, 0) is 11.2 Å². The van der Waals surface area contributed by atoms with Crippen molar-refractivity contribution in [3.05, 3.63) is 59.3 Å². The average molecular weight is 351 g/mol. The number of fused-ring (bicyclic) bond motifs is 1. The van der Waals surface area contributed by atoms with Gasteiger partial charge in [0.15, 0.2) is 0 Å². The fourth-order valence-corrected chi connectivity index (χ4v) is 4.62. The predicted molar refractivity (Wildman–Crippen MR) is 105 cm³/mol. The molecule has 3 aliphatic rings. The van der Waals surface area contributed by atoms with E-state index in [1.807, 2.05) is 18.0 Å². The number of piperidine rings is 1. The van der Waals surface area contributed by atoms with Gasteiger partial charge in [-0.1, -0.05) is 36.4 Å². The van der Waals surface area contributed by atoms with E-state index in [9.17, 15) is 4.79 Å². The van der Waals surface area contributed by atoms with Gasteiger partial charge in [0.05, 0.1) is 6.04 Å². The second kappa shape index (κ2) is 7.67. The number of amides is 1. The third-order valence-electron chi connectivity index (χ3n) is 6.15. The van der Waals surface area contributed by atoms with Crippen molar-refractivity contribution in [3.63, 3.8) is 0 Å². The fourth-order valence-electron chi connectivity index (χ4n) is 4.62. The van der Waals surface area contributed by atoms with Gasteiger partial charge in [0, 0.05) is 13.1 Å². The highest BCUT2D eigenvalue weighted by molar-refractivity contribution is 5.93. The maximum absolute atomic E-state index is 13.2. The van der Waals surface area contributed by atoms with Crippen LogP contribution in [0.2, 0.25) is 0 Å². The number of carbonyl (C=O) groups excluding carboxylic acids is 1. The van der Waals surface area contributed by atoms with Gasteiger partial charge in [-0.2, -0.15) is 0 Å². The maximum atomic E-state index is 13.2. The molecule has 0 saturated carbocycles. The highest BCUT2D eigenvalue weighted by Gasteiger charge is 2.30. The van der Waals surface area contributed by atoms with Crippen molar-refractivity contribution in [1.29, 1.82) is 0 Å². The van der Waals surface area contributed by atoms with Gasteiger partial charge in [0.2, 0.25) is 0 Å². The van der Waals surface area contributed by atoms with E-state index in [1.165, 1.54) is 11.1 Å². The van der Waals surface area contributed by atoms with E-state index in [1.54, 1.807) is 0 Å². The topological polar surface area (TPSA) is 44.4 Å². The van der Waals surface area contributed by atoms with Gasteiger partial charge in [-0.3, -0.25) is 4.79 Å². The quantitative estimate of drug-likeness (QED) is 0.880. The van der Waals surface area contributed by atoms with Crippen LogP contribution in [0.15, 0.2) is 48.2 Å². The van der Waals surface area contributed by atoms with Crippen molar-refractivity contribution in [2.24, 2.45) is 5.92 Å². The van der Waals surface area contributed by atoms with E-state index in [0.717, 1.165) is 50.9 Å². The summed E-state index contributed by atoms with van der Waals surface area (Å²) < 4.78 is 0. The number of benzene rings is 1. The second-order valence-electron chi connectivity index (χ2n) is 7.75. The lowest BCUT2D eigenvalue weighted by Crippen LogP contribution is -2.45. The average Bonchev–Trinajstić information content (AvgIpc) is 2.73. The summed E-state index contributed by atoms with van der Waals surface area (Å²) in [5.74, 6) is 0.708. The van der Waals surface area contributed by atoms with E-state index in [4.69, 9.17) is 0 Å². The number of dihydropyridines is 1. The van der Waals surface area contributed by atoms with Gasteiger partial charge in [-0.05, 0) is 68.3 Å². The third-order valence-corrected chi connectivity index (χ3v) is 6.15. The Kier molecular flexibility index (Phi) is 5.11. The van der Waals surface area contributed by atoms with E-state index < -0.39 is 0 Å². The van der Waals surface area contributed by atoms with Crippen LogP contribution in [0.3, 0.4) is 0 Å². The van der Waals surface area contributed by atoms with Gasteiger partial charge in [-0.25, -0.2) is 0 Å². The molecule has 4 nitrogen and oxygen atoms in total. The SMILES string of the molecule is CN(C(=O)C1=CC=CC(C2CCNCC2)N1)C1CCCc2ccccc21. The number of hydrogen-bond acceptors (Lipinski definition) is 3. The largest absolute Gasteiger partial charge is 0.374 e. The third kappa shape index (κ3) is 3.43. The Hall–Kier alpha value is -2.07. The molecule has 2 atom stereocenters. The Labute approximate surface area is 156 Å². The van der Waals surface area contributed by atoms with E-state index in [-0.39, 0.29) is 18.0 Å². The van der Waals surface area contributed by atoms with Gasteiger partial charge in [0.1, 0.15) is 5.70 Å². The first kappa shape index (κ1) is 17.3. The van der Waals surface area contributed by atoms with Crippen LogP contribution in [0.4, 0.5) is 0 Å². The number of rotatable bonds is 3. The first-order valence-electron chi connectivity index (χ1n) is 9.95. The normalized spacial score (nSPS) is 25.8. The number of aryl methyl sites for hydroxylation is 1. The van der Waals surface area contributed by atoms with Crippen LogP contribution in [0, 0.1) is 5.92 Å². The number of allylic oxidation sites excluding steroid dienone is 2. The molecule has 0 spiro atoms. The Bertz CT molecular complexity index is 718. The van der Waals surface area contributed by atoms with Crippen LogP contribution in [0.5, 0.6) is 0 Å². The molecular formula is C22H29N3O. The van der Waals surface area contributed by atoms with Gasteiger partial charge in [0.25, 0.3) is 5.91 Å². The predicted octanol–water partition coefficient (Wildman–Crippen LogP) is 2.93. The van der Waals surface area contributed by atoms with E-state index >= 15 is 0 Å². The van der Waals surface area contributed by atoms with Crippen molar-refractivity contribution in [2.45, 2.75) is 44.2 Å². The summed E-state index contributed by atoms with van der Waals surface area (Å²) in [6.07, 6.45) is 11.8. The molecule has 0 bridgehead atoms. The highest BCUT2D eigenvalue weighted by Crippen LogP contribution is 2.34. The highest BCUT2D eigenvalue weighted by atomic mass is 16.2. The summed E-state index contributed by atoms with van der Waals surface area (Å²) in [5, 5.41) is 6.94. The molecule has 2 aliphatic heterocycles. The fraction of sp³-hybridized carbons (Fsp3) is 0.500. The molecule has 2 heterocycles. The zero-order valence-corrected chi connectivity index (χ0v) is 15.6. The molecule has 1 fully saturated rings. The number of carbonyl (C=O) groups is 1. The summed E-state index contributed by atoms with van der Waals surface area (Å²) in [6, 6.07) is 9.02. The maximum Gasteiger partial charge on any atom is 0.270 e. The van der Waals surface area contributed by atoms with Crippen LogP contribution >= 0.6 is 0 Å². The second-order valence-corrected chi connectivity index (χ2v) is 7.75. The summed E-state index contributed by atoms with van der Waals surface area (Å²) in [6.45, 7) is 2.14. The number of nitrogens with zero attached hydrogens (tertiary/aromatic N) is 1. The molecule has 0 radical (unpaired) electrons. The Morgan fingerprint density at radius 1 is 1.15 bits per heavy atom. The Morgan fingerprint density at radius 2 is 1.96 bits per heavy atom. The van der Waals surface area contributed by atoms with E-state index in [2.05, 4.69) is 47.1 Å². The molecule has 0 aromatic heterocycles. The first-order chi connectivity index (χ1) is 12.7. The smallest absolute Gasteiger partial charge is 0.270 e. The van der Waals surface area contributed by atoms with Crippen LogP contribution in [0.1, 0.15) is 42.9 Å². The van der Waals surface area contributed by atoms with Crippen LogP contribution in [0.25, 0.3) is 0 Å². The number of hydrogen-bond donors (Lipinski definition) is 2.